The van der Waals surface area contributed by atoms with E-state index in [1.54, 1.807) is 36.8 Å². The molecule has 4 heterocycles. The molecule has 1 radical (unpaired) electrons. The highest BCUT2D eigenvalue weighted by Gasteiger charge is 2.27. The highest BCUT2D eigenvalue weighted by molar-refractivity contribution is 5.84. The van der Waals surface area contributed by atoms with Crippen LogP contribution in [-0.2, 0) is 32.0 Å². The van der Waals surface area contributed by atoms with E-state index in [1.165, 1.54) is 0 Å². The molecule has 12 nitrogen and oxygen atoms in total. The number of hydrogen-bond acceptors (Lipinski definition) is 10. The second-order valence-corrected chi connectivity index (χ2v) is 10.4. The summed E-state index contributed by atoms with van der Waals surface area (Å²) in [5.74, 6) is 2.55. The van der Waals surface area contributed by atoms with Gasteiger partial charge in [0.1, 0.15) is 55.7 Å². The summed E-state index contributed by atoms with van der Waals surface area (Å²) in [6, 6.07) is 14.4. The van der Waals surface area contributed by atoms with Crippen molar-refractivity contribution in [3.63, 3.8) is 0 Å². The molecular weight excluding hydrogens is 635 g/mol. The lowest BCUT2D eigenvalue weighted by Gasteiger charge is -2.25. The van der Waals surface area contributed by atoms with Gasteiger partial charge in [0.25, 0.3) is 5.84 Å². The molecule has 3 aliphatic heterocycles. The van der Waals surface area contributed by atoms with Gasteiger partial charge in [0.2, 0.25) is 31.7 Å². The quantitative estimate of drug-likeness (QED) is 0.134. The van der Waals surface area contributed by atoms with E-state index >= 15 is 0 Å². The van der Waals surface area contributed by atoms with E-state index in [9.17, 15) is 10.2 Å². The van der Waals surface area contributed by atoms with Crippen LogP contribution in [0.1, 0.15) is 19.3 Å². The van der Waals surface area contributed by atoms with Gasteiger partial charge in [-0.15, -0.1) is 0 Å². The number of phenolic OH excluding ortho intramolecular Hbond substituents is 2. The number of aliphatic imine (C=N–C) groups is 1. The van der Waals surface area contributed by atoms with Crippen molar-refractivity contribution in [1.82, 2.24) is 14.5 Å². The van der Waals surface area contributed by atoms with Crippen LogP contribution in [-0.4, -0.2) is 58.7 Å². The van der Waals surface area contributed by atoms with E-state index in [4.69, 9.17) is 18.9 Å². The van der Waals surface area contributed by atoms with Gasteiger partial charge in [0.15, 0.2) is 6.20 Å². The first-order valence-corrected chi connectivity index (χ1v) is 14.7. The number of amidine groups is 1. The summed E-state index contributed by atoms with van der Waals surface area (Å²) in [5, 5.41) is 20.8. The van der Waals surface area contributed by atoms with Crippen LogP contribution in [0.5, 0.6) is 11.5 Å². The van der Waals surface area contributed by atoms with Crippen LogP contribution in [0.25, 0.3) is 0 Å². The minimum atomic E-state index is 0. The summed E-state index contributed by atoms with van der Waals surface area (Å²) in [6.45, 7) is 3.78. The molecule has 0 saturated heterocycles. The average molecular weight is 673 g/mol. The van der Waals surface area contributed by atoms with E-state index in [2.05, 4.69) is 37.7 Å². The lowest BCUT2D eigenvalue weighted by Crippen LogP contribution is -3.00. The van der Waals surface area contributed by atoms with Gasteiger partial charge < -0.3 is 63.8 Å². The molecule has 0 spiro atoms. The van der Waals surface area contributed by atoms with E-state index in [0.717, 1.165) is 31.6 Å². The van der Waals surface area contributed by atoms with Crippen LogP contribution in [0.4, 0.5) is 11.4 Å². The van der Waals surface area contributed by atoms with Gasteiger partial charge >= 0.3 is 0 Å². The molecule has 6 rings (SSSR count). The summed E-state index contributed by atoms with van der Waals surface area (Å²) in [4.78, 5) is 10.6. The monoisotopic (exact) mass is 671 g/mol. The Morgan fingerprint density at radius 1 is 0.804 bits per heavy atom. The van der Waals surface area contributed by atoms with E-state index in [1.807, 2.05) is 46.5 Å². The Bertz CT molecular complexity index is 1560. The third-order valence-corrected chi connectivity index (χ3v) is 7.56. The normalized spacial score (nSPS) is 14.5. The number of halogens is 2. The Labute approximate surface area is 280 Å². The molecule has 0 fully saturated rings. The van der Waals surface area contributed by atoms with E-state index < -0.39 is 0 Å². The Balaban J connectivity index is 0.00000240. The number of benzene rings is 2. The summed E-state index contributed by atoms with van der Waals surface area (Å²) in [6.07, 6.45) is 16.1. The second-order valence-electron chi connectivity index (χ2n) is 10.4. The van der Waals surface area contributed by atoms with E-state index in [-0.39, 0.29) is 49.9 Å². The molecule has 2 N–H and O–H groups in total. The van der Waals surface area contributed by atoms with Crippen LogP contribution >= 0.6 is 0 Å². The molecular formula is C32H37Cl2N6O6. The van der Waals surface area contributed by atoms with Crippen molar-refractivity contribution in [1.29, 1.82) is 0 Å². The van der Waals surface area contributed by atoms with Gasteiger partial charge in [-0.05, 0) is 37.1 Å². The Morgan fingerprint density at radius 2 is 1.41 bits per heavy atom. The van der Waals surface area contributed by atoms with Gasteiger partial charge in [-0.1, -0.05) is 29.3 Å². The molecule has 0 bridgehead atoms. The number of hydrogen-bond donors (Lipinski definition) is 2. The Kier molecular flexibility index (Phi) is 12.3. The second kappa shape index (κ2) is 16.6. The summed E-state index contributed by atoms with van der Waals surface area (Å²) < 4.78 is 26.1. The third kappa shape index (κ3) is 8.32. The highest BCUT2D eigenvalue weighted by atomic mass is 35.5. The summed E-state index contributed by atoms with van der Waals surface area (Å²) >= 11 is 0. The van der Waals surface area contributed by atoms with Crippen molar-refractivity contribution < 1.29 is 58.5 Å². The van der Waals surface area contributed by atoms with Crippen molar-refractivity contribution in [3.05, 3.63) is 104 Å². The zero-order chi connectivity index (χ0) is 30.1. The Hall–Kier alpha value is -4.68. The molecule has 3 aromatic rings. The fourth-order valence-electron chi connectivity index (χ4n) is 5.31. The SMILES string of the molecule is Oc1ccccc1N(CCN1C=C[N+]=C1CCCC[n+]1ccn(CCN(C2=COCO2)c2ccccc2O)c1)C1=COCO1.[Cl-].[Cl-]. The first-order valence-electron chi connectivity index (χ1n) is 14.7. The fraction of sp³-hybridized carbons (Fsp3) is 0.312. The number of nitrogens with zero attached hydrogens (tertiary/aromatic N) is 6. The van der Waals surface area contributed by atoms with Gasteiger partial charge in [0.05, 0.1) is 37.4 Å². The highest BCUT2D eigenvalue weighted by Crippen LogP contribution is 2.32. The lowest BCUT2D eigenvalue weighted by atomic mass is 10.2. The number of aromatic nitrogens is 2. The maximum Gasteiger partial charge on any atom is 0.298 e. The number of anilines is 2. The van der Waals surface area contributed by atoms with Gasteiger partial charge in [0, 0.05) is 0 Å². The predicted octanol–water partition coefficient (Wildman–Crippen LogP) is -2.49. The molecule has 245 valence electrons. The molecule has 0 amide bonds. The minimum absolute atomic E-state index is 0. The van der Waals surface area contributed by atoms with Crippen LogP contribution in [0.3, 0.4) is 0 Å². The number of imidazole rings is 1. The number of aromatic hydroxyl groups is 2. The number of rotatable bonds is 15. The molecule has 0 unspecified atom stereocenters. The lowest BCUT2D eigenvalue weighted by molar-refractivity contribution is -0.696. The van der Waals surface area contributed by atoms with Crippen LogP contribution in [0.2, 0.25) is 0 Å². The Morgan fingerprint density at radius 3 is 2.00 bits per heavy atom. The average Bonchev–Trinajstić information content (AvgIpc) is 3.87. The van der Waals surface area contributed by atoms with Gasteiger partial charge in [-0.2, -0.15) is 0 Å². The number of unbranched alkanes of at least 4 members (excludes halogenated alkanes) is 1. The predicted molar refractivity (Wildman–Crippen MR) is 163 cm³/mol. The molecule has 0 saturated carbocycles. The van der Waals surface area contributed by atoms with Crippen molar-refractivity contribution in [2.75, 3.05) is 43.0 Å². The first-order chi connectivity index (χ1) is 21.7. The number of ether oxygens (including phenoxy) is 4. The van der Waals surface area contributed by atoms with Gasteiger partial charge in [-0.25, -0.2) is 14.0 Å². The largest absolute Gasteiger partial charge is 1.00 e. The molecule has 3 aliphatic rings. The van der Waals surface area contributed by atoms with Crippen LogP contribution in [0.15, 0.2) is 104 Å². The third-order valence-electron chi connectivity index (χ3n) is 7.56. The topological polar surface area (TPSA) is 110 Å². The number of aryl methyl sites for hydroxylation is 1. The van der Waals surface area contributed by atoms with Gasteiger partial charge in [-0.3, -0.25) is 0 Å². The smallest absolute Gasteiger partial charge is 0.298 e. The van der Waals surface area contributed by atoms with Crippen LogP contribution in [0, 0.1) is 0 Å². The van der Waals surface area contributed by atoms with E-state index in [0.29, 0.717) is 49.3 Å². The number of phenols is 2. The number of para-hydroxylation sites is 4. The molecule has 0 atom stereocenters. The maximum absolute atomic E-state index is 10.4. The molecule has 14 heteroatoms. The minimum Gasteiger partial charge on any atom is -1.00 e. The molecule has 2 aromatic carbocycles. The zero-order valence-electron chi connectivity index (χ0n) is 25.2. The first kappa shape index (κ1) is 34.2. The zero-order valence-corrected chi connectivity index (χ0v) is 26.7. The summed E-state index contributed by atoms with van der Waals surface area (Å²) in [7, 11) is 0. The van der Waals surface area contributed by atoms with Crippen molar-refractivity contribution in [2.24, 2.45) is 0 Å². The molecule has 0 aliphatic carbocycles. The molecule has 1 aromatic heterocycles. The fourth-order valence-corrected chi connectivity index (χ4v) is 5.31. The maximum atomic E-state index is 10.4. The van der Waals surface area contributed by atoms with Crippen LogP contribution < -0.4 is 44.2 Å². The summed E-state index contributed by atoms with van der Waals surface area (Å²) in [5.41, 5.74) is 1.34. The van der Waals surface area contributed by atoms with Crippen molar-refractivity contribution in [2.45, 2.75) is 32.4 Å². The molecule has 46 heavy (non-hydrogen) atoms. The van der Waals surface area contributed by atoms with Crippen molar-refractivity contribution >= 4 is 17.2 Å². The standard InChI is InChI=1S/C32H36N6O6.2ClH/c39-28-9-3-1-7-26(28)37(31-21-41-24-43-31)19-17-35-16-15-34(23-35)13-6-5-11-30-33-12-14-36(30)18-20-38(32-22-42-25-44-32)27-8-2-4-10-29(27)40;;/h1-4,7-10,12,14-16,21-23H,5-6,11,13,17-20,24-25H2,(H-,39,40);2*1H/q+1;;/p-1. The van der Waals surface area contributed by atoms with Crippen molar-refractivity contribution in [3.8, 4) is 11.5 Å².